The van der Waals surface area contributed by atoms with E-state index in [9.17, 15) is 14.4 Å². The number of para-hydroxylation sites is 2. The molecule has 2 N–H and O–H groups in total. The van der Waals surface area contributed by atoms with Crippen molar-refractivity contribution >= 4 is 29.1 Å². The van der Waals surface area contributed by atoms with Crippen LogP contribution in [0.5, 0.6) is 0 Å². The van der Waals surface area contributed by atoms with Crippen molar-refractivity contribution in [3.8, 4) is 0 Å². The van der Waals surface area contributed by atoms with Crippen LogP contribution in [0.2, 0.25) is 0 Å². The quantitative estimate of drug-likeness (QED) is 0.786. The first-order valence-corrected chi connectivity index (χ1v) is 8.07. The van der Waals surface area contributed by atoms with Crippen molar-refractivity contribution in [1.29, 1.82) is 0 Å². The Morgan fingerprint density at radius 3 is 2.42 bits per heavy atom. The van der Waals surface area contributed by atoms with Crippen molar-refractivity contribution in [2.75, 3.05) is 17.3 Å². The lowest BCUT2D eigenvalue weighted by atomic mass is 10.1. The van der Waals surface area contributed by atoms with Crippen LogP contribution in [0.3, 0.4) is 0 Å². The van der Waals surface area contributed by atoms with Crippen molar-refractivity contribution in [1.82, 2.24) is 5.32 Å². The molecule has 0 aliphatic carbocycles. The second-order valence-corrected chi connectivity index (χ2v) is 5.63. The second kappa shape index (κ2) is 8.62. The second-order valence-electron chi connectivity index (χ2n) is 5.63. The van der Waals surface area contributed by atoms with Crippen molar-refractivity contribution in [3.05, 3.63) is 72.3 Å². The van der Waals surface area contributed by atoms with Gasteiger partial charge in [0.2, 0.25) is 11.8 Å². The number of rotatable bonds is 6. The number of carbonyl (C=O) groups is 3. The van der Waals surface area contributed by atoms with E-state index < -0.39 is 0 Å². The molecule has 0 aromatic heterocycles. The van der Waals surface area contributed by atoms with Gasteiger partial charge in [-0.1, -0.05) is 36.9 Å². The fourth-order valence-corrected chi connectivity index (χ4v) is 2.38. The first-order valence-electron chi connectivity index (χ1n) is 8.07. The Bertz CT molecular complexity index is 846. The van der Waals surface area contributed by atoms with E-state index in [-0.39, 0.29) is 24.3 Å². The summed E-state index contributed by atoms with van der Waals surface area (Å²) in [7, 11) is 1.64. The summed E-state index contributed by atoms with van der Waals surface area (Å²) in [4.78, 5) is 37.2. The van der Waals surface area contributed by atoms with Crippen molar-refractivity contribution in [2.45, 2.75) is 13.5 Å². The molecule has 0 spiro atoms. The zero-order chi connectivity index (χ0) is 19.1. The van der Waals surface area contributed by atoms with E-state index in [4.69, 9.17) is 0 Å². The molecule has 0 aliphatic heterocycles. The van der Waals surface area contributed by atoms with Crippen molar-refractivity contribution < 1.29 is 14.4 Å². The lowest BCUT2D eigenvalue weighted by Crippen LogP contribution is -2.25. The van der Waals surface area contributed by atoms with Gasteiger partial charge in [-0.05, 0) is 29.8 Å². The molecule has 2 aromatic carbocycles. The van der Waals surface area contributed by atoms with E-state index in [1.807, 2.05) is 0 Å². The van der Waals surface area contributed by atoms with Gasteiger partial charge in [0, 0.05) is 26.1 Å². The van der Waals surface area contributed by atoms with E-state index >= 15 is 0 Å². The minimum absolute atomic E-state index is 0.140. The van der Waals surface area contributed by atoms with Crippen LogP contribution in [0.15, 0.2) is 61.2 Å². The molecule has 0 heterocycles. The molecule has 0 aliphatic rings. The van der Waals surface area contributed by atoms with Gasteiger partial charge in [0.1, 0.15) is 0 Å². The Kier molecular flexibility index (Phi) is 6.27. The Hall–Kier alpha value is -3.41. The molecule has 6 nitrogen and oxygen atoms in total. The number of amides is 3. The molecule has 0 atom stereocenters. The summed E-state index contributed by atoms with van der Waals surface area (Å²) in [6.45, 7) is 5.07. The topological polar surface area (TPSA) is 78.5 Å². The third-order valence-corrected chi connectivity index (χ3v) is 3.89. The van der Waals surface area contributed by atoms with Gasteiger partial charge < -0.3 is 15.5 Å². The molecule has 26 heavy (non-hydrogen) atoms. The van der Waals surface area contributed by atoms with Crippen LogP contribution in [-0.2, 0) is 16.1 Å². The maximum Gasteiger partial charge on any atom is 0.256 e. The van der Waals surface area contributed by atoms with Gasteiger partial charge in [-0.15, -0.1) is 0 Å². The molecular weight excluding hydrogens is 330 g/mol. The van der Waals surface area contributed by atoms with Gasteiger partial charge in [-0.3, -0.25) is 14.4 Å². The first kappa shape index (κ1) is 18.9. The van der Waals surface area contributed by atoms with Gasteiger partial charge in [0.05, 0.1) is 11.4 Å². The predicted octanol–water partition coefficient (Wildman–Crippen LogP) is 2.72. The summed E-state index contributed by atoms with van der Waals surface area (Å²) in [6, 6.07) is 14.1. The van der Waals surface area contributed by atoms with E-state index in [1.54, 1.807) is 55.6 Å². The number of benzene rings is 2. The summed E-state index contributed by atoms with van der Waals surface area (Å²) in [5, 5.41) is 5.50. The van der Waals surface area contributed by atoms with Crippen molar-refractivity contribution in [2.24, 2.45) is 0 Å². The molecule has 0 saturated heterocycles. The minimum Gasteiger partial charge on any atom is -0.348 e. The highest BCUT2D eigenvalue weighted by Crippen LogP contribution is 2.25. The summed E-state index contributed by atoms with van der Waals surface area (Å²) in [6.07, 6.45) is 1.18. The lowest BCUT2D eigenvalue weighted by Gasteiger charge is -2.19. The molecule has 6 heteroatoms. The van der Waals surface area contributed by atoms with Crippen molar-refractivity contribution in [3.63, 3.8) is 0 Å². The largest absolute Gasteiger partial charge is 0.348 e. The molecule has 0 fully saturated rings. The maximum absolute atomic E-state index is 12.7. The standard InChI is InChI=1S/C20H21N3O3/c1-4-19(25)21-13-15-9-5-6-10-16(15)20(26)22-17-11-7-8-12-18(17)23(3)14(2)24/h4-12H,1,13H2,2-3H3,(H,21,25)(H,22,26). The SMILES string of the molecule is C=CC(=O)NCc1ccccc1C(=O)Nc1ccccc1N(C)C(C)=O. The van der Waals surface area contributed by atoms with Gasteiger partial charge >= 0.3 is 0 Å². The lowest BCUT2D eigenvalue weighted by molar-refractivity contribution is -0.117. The van der Waals surface area contributed by atoms with Crippen LogP contribution in [-0.4, -0.2) is 24.8 Å². The normalized spacial score (nSPS) is 9.92. The highest BCUT2D eigenvalue weighted by atomic mass is 16.2. The molecular formula is C20H21N3O3. The minimum atomic E-state index is -0.321. The highest BCUT2D eigenvalue weighted by molar-refractivity contribution is 6.08. The number of nitrogens with zero attached hydrogens (tertiary/aromatic N) is 1. The molecule has 134 valence electrons. The maximum atomic E-state index is 12.7. The number of carbonyl (C=O) groups excluding carboxylic acids is 3. The van der Waals surface area contributed by atoms with E-state index in [1.165, 1.54) is 17.9 Å². The number of hydrogen-bond donors (Lipinski definition) is 2. The van der Waals surface area contributed by atoms with Gasteiger partial charge in [-0.2, -0.15) is 0 Å². The molecule has 0 unspecified atom stereocenters. The van der Waals surface area contributed by atoms with Gasteiger partial charge in [-0.25, -0.2) is 0 Å². The Labute approximate surface area is 152 Å². The number of anilines is 2. The zero-order valence-electron chi connectivity index (χ0n) is 14.8. The molecule has 0 radical (unpaired) electrons. The molecule has 0 saturated carbocycles. The van der Waals surface area contributed by atoms with Crippen LogP contribution in [0.1, 0.15) is 22.8 Å². The van der Waals surface area contributed by atoms with Crippen LogP contribution in [0.25, 0.3) is 0 Å². The third kappa shape index (κ3) is 4.57. The summed E-state index contributed by atoms with van der Waals surface area (Å²) >= 11 is 0. The summed E-state index contributed by atoms with van der Waals surface area (Å²) in [5.41, 5.74) is 2.25. The average molecular weight is 351 g/mol. The Morgan fingerprint density at radius 2 is 1.73 bits per heavy atom. The molecule has 0 bridgehead atoms. The smallest absolute Gasteiger partial charge is 0.256 e. The fourth-order valence-electron chi connectivity index (χ4n) is 2.38. The average Bonchev–Trinajstić information content (AvgIpc) is 2.66. The Balaban J connectivity index is 2.25. The van der Waals surface area contributed by atoms with E-state index in [2.05, 4.69) is 17.2 Å². The van der Waals surface area contributed by atoms with E-state index in [0.29, 0.717) is 22.5 Å². The van der Waals surface area contributed by atoms with Gasteiger partial charge in [0.15, 0.2) is 0 Å². The third-order valence-electron chi connectivity index (χ3n) is 3.89. The number of hydrogen-bond acceptors (Lipinski definition) is 3. The Morgan fingerprint density at radius 1 is 1.08 bits per heavy atom. The summed E-state index contributed by atoms with van der Waals surface area (Å²) < 4.78 is 0. The zero-order valence-corrected chi connectivity index (χ0v) is 14.8. The van der Waals surface area contributed by atoms with Crippen LogP contribution in [0.4, 0.5) is 11.4 Å². The first-order chi connectivity index (χ1) is 12.4. The van der Waals surface area contributed by atoms with Crippen LogP contribution >= 0.6 is 0 Å². The van der Waals surface area contributed by atoms with Gasteiger partial charge in [0.25, 0.3) is 5.91 Å². The molecule has 3 amide bonds. The van der Waals surface area contributed by atoms with E-state index in [0.717, 1.165) is 0 Å². The number of nitrogens with one attached hydrogen (secondary N) is 2. The molecule has 2 rings (SSSR count). The molecule has 2 aromatic rings. The highest BCUT2D eigenvalue weighted by Gasteiger charge is 2.15. The van der Waals surface area contributed by atoms with Crippen LogP contribution < -0.4 is 15.5 Å². The van der Waals surface area contributed by atoms with Crippen LogP contribution in [0, 0.1) is 0 Å². The summed E-state index contributed by atoms with van der Waals surface area (Å²) in [5.74, 6) is -0.772. The predicted molar refractivity (Wildman–Crippen MR) is 102 cm³/mol. The monoisotopic (exact) mass is 351 g/mol. The fraction of sp³-hybridized carbons (Fsp3) is 0.150.